The van der Waals surface area contributed by atoms with Crippen LogP contribution < -0.4 is 0 Å². The Kier molecular flexibility index (Phi) is 9.55. The van der Waals surface area contributed by atoms with E-state index >= 15 is 0 Å². The summed E-state index contributed by atoms with van der Waals surface area (Å²) in [5, 5.41) is 2.74. The number of hydrogen-bond acceptors (Lipinski definition) is 0. The summed E-state index contributed by atoms with van der Waals surface area (Å²) in [5.74, 6) is 0. The van der Waals surface area contributed by atoms with Crippen LogP contribution in [0.1, 0.15) is 39.7 Å². The zero-order valence-electron chi connectivity index (χ0n) is 13.6. The Morgan fingerprint density at radius 3 is 2.18 bits per heavy atom. The summed E-state index contributed by atoms with van der Waals surface area (Å²) in [6, 6.07) is 13.1. The Hall–Kier alpha value is -0.357. The van der Waals surface area contributed by atoms with Gasteiger partial charge in [0.15, 0.2) is 0 Å². The molecule has 1 aliphatic carbocycles. The van der Waals surface area contributed by atoms with E-state index < -0.39 is 0 Å². The van der Waals surface area contributed by atoms with Gasteiger partial charge in [-0.3, -0.25) is 0 Å². The topological polar surface area (TPSA) is 0 Å². The second kappa shape index (κ2) is 9.71. The summed E-state index contributed by atoms with van der Waals surface area (Å²) in [6.45, 7) is 8.68. The Bertz CT molecular complexity index is 701. The first kappa shape index (κ1) is 21.6. The number of hydrogen-bond donors (Lipinski definition) is 0. The Morgan fingerprint density at radius 2 is 1.64 bits per heavy atom. The summed E-state index contributed by atoms with van der Waals surface area (Å²) in [6.07, 6.45) is 3.41. The molecule has 1 aliphatic rings. The third-order valence-electron chi connectivity index (χ3n) is 3.66. The molecule has 0 fully saturated rings. The van der Waals surface area contributed by atoms with Gasteiger partial charge in [0.2, 0.25) is 0 Å². The van der Waals surface area contributed by atoms with E-state index in [0.29, 0.717) is 0 Å². The van der Waals surface area contributed by atoms with E-state index in [0.717, 1.165) is 6.42 Å². The van der Waals surface area contributed by atoms with Crippen LogP contribution >= 0.6 is 24.8 Å². The van der Waals surface area contributed by atoms with Gasteiger partial charge in [0.25, 0.3) is 0 Å². The molecule has 3 rings (SSSR count). The van der Waals surface area contributed by atoms with Gasteiger partial charge >= 0.3 is 41.3 Å². The van der Waals surface area contributed by atoms with E-state index in [1.54, 1.807) is 24.2 Å². The molecule has 0 amide bonds. The Labute approximate surface area is 161 Å². The van der Waals surface area contributed by atoms with Crippen molar-refractivity contribution >= 4 is 44.4 Å². The van der Waals surface area contributed by atoms with Gasteiger partial charge in [0.05, 0.1) is 0 Å². The summed E-state index contributed by atoms with van der Waals surface area (Å²) in [5.41, 5.74) is 5.80. The minimum atomic E-state index is 0. The molecule has 0 bridgehead atoms. The molecule has 3 heteroatoms. The molecule has 0 radical (unpaired) electrons. The van der Waals surface area contributed by atoms with E-state index in [9.17, 15) is 0 Å². The summed E-state index contributed by atoms with van der Waals surface area (Å²) >= 11 is 1.55. The van der Waals surface area contributed by atoms with Crippen LogP contribution in [0.2, 0.25) is 0 Å². The molecule has 22 heavy (non-hydrogen) atoms. The molecule has 0 N–H and O–H groups in total. The molecule has 0 aliphatic heterocycles. The molecule has 0 spiro atoms. The maximum absolute atomic E-state index is 2.33. The van der Waals surface area contributed by atoms with E-state index in [2.05, 4.69) is 70.2 Å². The Balaban J connectivity index is 0.000000665. The molecular formula is C19H23Cl2Zr-. The predicted octanol–water partition coefficient (Wildman–Crippen LogP) is 6.27. The molecule has 2 aromatic rings. The van der Waals surface area contributed by atoms with E-state index in [1.165, 1.54) is 36.3 Å². The second-order valence-electron chi connectivity index (χ2n) is 5.53. The van der Waals surface area contributed by atoms with Crippen LogP contribution in [0.3, 0.4) is 0 Å². The van der Waals surface area contributed by atoms with Gasteiger partial charge in [-0.2, -0.15) is 0 Å². The maximum Gasteiger partial charge on any atom is -0.147 e. The quantitative estimate of drug-likeness (QED) is 0.483. The Morgan fingerprint density at radius 1 is 1.05 bits per heavy atom. The molecule has 0 saturated carbocycles. The molecule has 0 aromatic heterocycles. The number of fused-ring (bicyclic) bond motifs is 1. The van der Waals surface area contributed by atoms with Gasteiger partial charge < -0.3 is 0 Å². The van der Waals surface area contributed by atoms with Crippen molar-refractivity contribution in [3.05, 3.63) is 59.2 Å². The third-order valence-corrected chi connectivity index (χ3v) is 3.66. The number of benzene rings is 1. The van der Waals surface area contributed by atoms with Gasteiger partial charge in [-0.1, -0.05) is 47.9 Å². The second-order valence-corrected chi connectivity index (χ2v) is 7.99. The van der Waals surface area contributed by atoms with Gasteiger partial charge in [-0.05, 0) is 13.3 Å². The average molecular weight is 414 g/mol. The summed E-state index contributed by atoms with van der Waals surface area (Å²) in [4.78, 5) is 0. The first-order valence-electron chi connectivity index (χ1n) is 7.04. The van der Waals surface area contributed by atoms with Crippen LogP contribution in [0, 0.1) is 0 Å². The van der Waals surface area contributed by atoms with E-state index in [-0.39, 0.29) is 24.8 Å². The fourth-order valence-corrected chi connectivity index (χ4v) is 2.52. The van der Waals surface area contributed by atoms with Crippen molar-refractivity contribution in [1.82, 2.24) is 0 Å². The van der Waals surface area contributed by atoms with Gasteiger partial charge in [-0.15, -0.1) is 59.4 Å². The fourth-order valence-electron chi connectivity index (χ4n) is 2.52. The van der Waals surface area contributed by atoms with Gasteiger partial charge in [-0.25, -0.2) is 0 Å². The molecule has 0 atom stereocenters. The smallest absolute Gasteiger partial charge is 0.147 e. The predicted molar refractivity (Wildman–Crippen MR) is 101 cm³/mol. The number of allylic oxidation sites excluding steroid dienone is 4. The van der Waals surface area contributed by atoms with Gasteiger partial charge in [0, 0.05) is 0 Å². The van der Waals surface area contributed by atoms with Crippen molar-refractivity contribution in [2.45, 2.75) is 34.1 Å². The molecule has 2 aromatic carbocycles. The number of halogens is 2. The largest absolute Gasteiger partial charge is 0.147 e. The van der Waals surface area contributed by atoms with E-state index in [4.69, 9.17) is 0 Å². The first-order chi connectivity index (χ1) is 9.50. The molecule has 118 valence electrons. The van der Waals surface area contributed by atoms with Crippen molar-refractivity contribution < 1.29 is 24.2 Å². The summed E-state index contributed by atoms with van der Waals surface area (Å²) < 4.78 is 1.51. The minimum absolute atomic E-state index is 0. The van der Waals surface area contributed by atoms with E-state index in [1.807, 2.05) is 0 Å². The fraction of sp³-hybridized carbons (Fsp3) is 0.263. The molecule has 0 unspecified atom stereocenters. The van der Waals surface area contributed by atoms with Crippen molar-refractivity contribution in [2.24, 2.45) is 0 Å². The normalized spacial score (nSPS) is 12.8. The zero-order chi connectivity index (χ0) is 14.7. The van der Waals surface area contributed by atoms with Crippen molar-refractivity contribution in [1.29, 1.82) is 0 Å². The van der Waals surface area contributed by atoms with Crippen LogP contribution in [0.4, 0.5) is 0 Å². The van der Waals surface area contributed by atoms with Crippen LogP contribution in [-0.2, 0) is 24.2 Å². The zero-order valence-corrected chi connectivity index (χ0v) is 17.7. The maximum atomic E-state index is 2.33. The third kappa shape index (κ3) is 5.08. The monoisotopic (exact) mass is 411 g/mol. The van der Waals surface area contributed by atoms with Crippen LogP contribution in [0.15, 0.2) is 53.6 Å². The van der Waals surface area contributed by atoms with Crippen LogP contribution in [0.25, 0.3) is 16.3 Å². The molecular weight excluding hydrogens is 390 g/mol. The van der Waals surface area contributed by atoms with Crippen molar-refractivity contribution in [3.63, 3.8) is 0 Å². The molecule has 0 heterocycles. The first-order valence-corrected chi connectivity index (χ1v) is 8.27. The number of rotatable bonds is 1. The standard InChI is InChI=1S/C16H15.C3H6.2ClH.Zr/c1-11-7-9-14(12(11)2)16-10-8-13-5-3-4-6-15(13)16;1-3-2;;;/h3-8,10H,9H2,1-2H3;1-2H3;2*1H;/q-1;;;;. The van der Waals surface area contributed by atoms with Crippen LogP contribution in [0.5, 0.6) is 0 Å². The van der Waals surface area contributed by atoms with Crippen molar-refractivity contribution in [3.8, 4) is 0 Å². The molecule has 0 saturated heterocycles. The minimum Gasteiger partial charge on any atom is -0.147 e. The van der Waals surface area contributed by atoms with Crippen LogP contribution in [-0.4, -0.2) is 3.21 Å². The average Bonchev–Trinajstić information content (AvgIpc) is 2.94. The summed E-state index contributed by atoms with van der Waals surface area (Å²) in [7, 11) is 0. The van der Waals surface area contributed by atoms with Gasteiger partial charge in [0.1, 0.15) is 0 Å². The SMILES string of the molecule is CC1=CCC([c-]2ccc3ccccc32)=C1C.C[C](C)=[Zr].Cl.Cl. The molecule has 0 nitrogen and oxygen atoms in total. The van der Waals surface area contributed by atoms with Crippen molar-refractivity contribution in [2.75, 3.05) is 0 Å².